The van der Waals surface area contributed by atoms with Gasteiger partial charge in [-0.25, -0.2) is 0 Å². The lowest BCUT2D eigenvalue weighted by molar-refractivity contribution is -0.162. The minimum atomic E-state index is 0.0101. The number of amides is 1. The molecule has 16 heavy (non-hydrogen) atoms. The van der Waals surface area contributed by atoms with E-state index in [2.05, 4.69) is 18.9 Å². The molecule has 0 saturated carbocycles. The fourth-order valence-electron chi connectivity index (χ4n) is 3.20. The molecular formula is C12H19N3O. The van der Waals surface area contributed by atoms with E-state index in [4.69, 9.17) is 5.26 Å². The molecule has 2 saturated heterocycles. The number of hydrogen-bond acceptors (Lipinski definition) is 3. The van der Waals surface area contributed by atoms with Crippen molar-refractivity contribution in [1.82, 2.24) is 9.80 Å². The molecular weight excluding hydrogens is 202 g/mol. The number of rotatable bonds is 1. The largest absolute Gasteiger partial charge is 0.334 e. The van der Waals surface area contributed by atoms with E-state index in [1.807, 2.05) is 11.0 Å². The third-order valence-corrected chi connectivity index (χ3v) is 4.14. The Balaban J connectivity index is 2.11. The summed E-state index contributed by atoms with van der Waals surface area (Å²) in [5.74, 6) is 0.578. The SMILES string of the molecule is CC1CN(C(=O)CC#N)C12CCCN(C)C2. The Labute approximate surface area is 96.8 Å². The van der Waals surface area contributed by atoms with Crippen LogP contribution in [0.2, 0.25) is 0 Å². The van der Waals surface area contributed by atoms with Crippen LogP contribution in [-0.2, 0) is 4.79 Å². The fourth-order valence-corrected chi connectivity index (χ4v) is 3.20. The first kappa shape index (κ1) is 11.4. The summed E-state index contributed by atoms with van der Waals surface area (Å²) < 4.78 is 0. The molecule has 2 aliphatic rings. The van der Waals surface area contributed by atoms with E-state index in [9.17, 15) is 4.79 Å². The number of likely N-dealkylation sites (N-methyl/N-ethyl adjacent to an activating group) is 1. The molecule has 1 spiro atoms. The molecule has 2 rings (SSSR count). The smallest absolute Gasteiger partial charge is 0.237 e. The van der Waals surface area contributed by atoms with Crippen LogP contribution in [0.1, 0.15) is 26.2 Å². The van der Waals surface area contributed by atoms with Crippen molar-refractivity contribution in [2.24, 2.45) is 5.92 Å². The predicted molar refractivity (Wildman–Crippen MR) is 60.6 cm³/mol. The molecule has 0 aromatic rings. The van der Waals surface area contributed by atoms with Crippen molar-refractivity contribution < 1.29 is 4.79 Å². The van der Waals surface area contributed by atoms with Crippen molar-refractivity contribution in [2.75, 3.05) is 26.7 Å². The molecule has 0 aromatic heterocycles. The standard InChI is InChI=1S/C12H19N3O/c1-10-8-15(11(16)4-6-13)12(10)5-3-7-14(2)9-12/h10H,3-5,7-9H2,1-2H3. The normalized spacial score (nSPS) is 34.6. The maximum atomic E-state index is 11.8. The highest BCUT2D eigenvalue weighted by Gasteiger charge is 2.53. The van der Waals surface area contributed by atoms with Crippen LogP contribution < -0.4 is 0 Å². The van der Waals surface area contributed by atoms with Gasteiger partial charge in [0.1, 0.15) is 6.42 Å². The third-order valence-electron chi connectivity index (χ3n) is 4.14. The number of carbonyl (C=O) groups excluding carboxylic acids is 1. The van der Waals surface area contributed by atoms with Gasteiger partial charge in [0.05, 0.1) is 11.6 Å². The van der Waals surface area contributed by atoms with Crippen LogP contribution in [0.5, 0.6) is 0 Å². The van der Waals surface area contributed by atoms with Crippen LogP contribution in [0, 0.1) is 17.2 Å². The van der Waals surface area contributed by atoms with Crippen LogP contribution in [0.3, 0.4) is 0 Å². The Morgan fingerprint density at radius 3 is 2.94 bits per heavy atom. The van der Waals surface area contributed by atoms with Crippen LogP contribution in [0.4, 0.5) is 0 Å². The van der Waals surface area contributed by atoms with Crippen molar-refractivity contribution >= 4 is 5.91 Å². The van der Waals surface area contributed by atoms with E-state index in [1.54, 1.807) is 0 Å². The lowest BCUT2D eigenvalue weighted by Gasteiger charge is -2.61. The van der Waals surface area contributed by atoms with Gasteiger partial charge in [0, 0.05) is 13.1 Å². The quantitative estimate of drug-likeness (QED) is 0.659. The van der Waals surface area contributed by atoms with Gasteiger partial charge in [0.2, 0.25) is 5.91 Å². The highest BCUT2D eigenvalue weighted by atomic mass is 16.2. The maximum absolute atomic E-state index is 11.8. The summed E-state index contributed by atoms with van der Waals surface area (Å²) >= 11 is 0. The van der Waals surface area contributed by atoms with Gasteiger partial charge in [-0.2, -0.15) is 5.26 Å². The number of likely N-dealkylation sites (tertiary alicyclic amines) is 2. The van der Waals surface area contributed by atoms with Gasteiger partial charge in [-0.15, -0.1) is 0 Å². The van der Waals surface area contributed by atoms with Gasteiger partial charge < -0.3 is 9.80 Å². The molecule has 2 unspecified atom stereocenters. The summed E-state index contributed by atoms with van der Waals surface area (Å²) in [6.45, 7) is 5.13. The Hall–Kier alpha value is -1.08. The number of nitriles is 1. The summed E-state index contributed by atoms with van der Waals surface area (Å²) in [6.07, 6.45) is 2.27. The first-order valence-corrected chi connectivity index (χ1v) is 5.96. The molecule has 4 nitrogen and oxygen atoms in total. The summed E-state index contributed by atoms with van der Waals surface area (Å²) in [6, 6.07) is 1.96. The predicted octanol–water partition coefficient (Wildman–Crippen LogP) is 0.843. The summed E-state index contributed by atoms with van der Waals surface area (Å²) in [7, 11) is 2.11. The minimum absolute atomic E-state index is 0.0101. The number of hydrogen-bond donors (Lipinski definition) is 0. The molecule has 2 aliphatic heterocycles. The lowest BCUT2D eigenvalue weighted by Crippen LogP contribution is -2.73. The number of carbonyl (C=O) groups is 1. The van der Waals surface area contributed by atoms with Crippen molar-refractivity contribution in [1.29, 1.82) is 5.26 Å². The zero-order valence-electron chi connectivity index (χ0n) is 10.1. The second kappa shape index (κ2) is 4.06. The molecule has 0 bridgehead atoms. The molecule has 4 heteroatoms. The molecule has 2 fully saturated rings. The second-order valence-corrected chi connectivity index (χ2v) is 5.19. The van der Waals surface area contributed by atoms with Crippen LogP contribution >= 0.6 is 0 Å². The Morgan fingerprint density at radius 1 is 1.62 bits per heavy atom. The molecule has 2 heterocycles. The Kier molecular flexibility index (Phi) is 2.90. The highest BCUT2D eigenvalue weighted by molar-refractivity contribution is 5.80. The Morgan fingerprint density at radius 2 is 2.38 bits per heavy atom. The van der Waals surface area contributed by atoms with E-state index in [0.29, 0.717) is 5.92 Å². The van der Waals surface area contributed by atoms with Crippen molar-refractivity contribution in [2.45, 2.75) is 31.7 Å². The zero-order valence-corrected chi connectivity index (χ0v) is 10.1. The van der Waals surface area contributed by atoms with Gasteiger partial charge in [-0.3, -0.25) is 4.79 Å². The summed E-state index contributed by atoms with van der Waals surface area (Å²) in [5.41, 5.74) is 0.0287. The van der Waals surface area contributed by atoms with E-state index in [1.165, 1.54) is 0 Å². The number of nitrogens with zero attached hydrogens (tertiary/aromatic N) is 3. The number of piperidine rings is 1. The zero-order chi connectivity index (χ0) is 11.8. The monoisotopic (exact) mass is 221 g/mol. The van der Waals surface area contributed by atoms with Gasteiger partial charge in [0.25, 0.3) is 0 Å². The van der Waals surface area contributed by atoms with Crippen LogP contribution in [0.15, 0.2) is 0 Å². The van der Waals surface area contributed by atoms with Crippen molar-refractivity contribution in [3.05, 3.63) is 0 Å². The van der Waals surface area contributed by atoms with E-state index < -0.39 is 0 Å². The van der Waals surface area contributed by atoms with Gasteiger partial charge in [-0.05, 0) is 32.4 Å². The van der Waals surface area contributed by atoms with Crippen LogP contribution in [0.25, 0.3) is 0 Å². The van der Waals surface area contributed by atoms with Gasteiger partial charge >= 0.3 is 0 Å². The molecule has 88 valence electrons. The average Bonchev–Trinajstić information content (AvgIpc) is 2.26. The van der Waals surface area contributed by atoms with E-state index >= 15 is 0 Å². The molecule has 0 aromatic carbocycles. The molecule has 1 amide bonds. The third kappa shape index (κ3) is 1.60. The molecule has 0 aliphatic carbocycles. The molecule has 0 N–H and O–H groups in total. The van der Waals surface area contributed by atoms with Crippen molar-refractivity contribution in [3.63, 3.8) is 0 Å². The fraction of sp³-hybridized carbons (Fsp3) is 0.833. The summed E-state index contributed by atoms with van der Waals surface area (Å²) in [4.78, 5) is 16.1. The van der Waals surface area contributed by atoms with Crippen molar-refractivity contribution in [3.8, 4) is 6.07 Å². The molecule has 2 atom stereocenters. The highest BCUT2D eigenvalue weighted by Crippen LogP contribution is 2.43. The lowest BCUT2D eigenvalue weighted by atomic mass is 9.69. The summed E-state index contributed by atoms with van der Waals surface area (Å²) in [5, 5.41) is 8.60. The van der Waals surface area contributed by atoms with Crippen LogP contribution in [-0.4, -0.2) is 47.9 Å². The second-order valence-electron chi connectivity index (χ2n) is 5.19. The van der Waals surface area contributed by atoms with E-state index in [0.717, 1.165) is 32.5 Å². The first-order chi connectivity index (χ1) is 7.60. The average molecular weight is 221 g/mol. The van der Waals surface area contributed by atoms with Gasteiger partial charge in [-0.1, -0.05) is 6.92 Å². The molecule has 0 radical (unpaired) electrons. The van der Waals surface area contributed by atoms with E-state index in [-0.39, 0.29) is 17.9 Å². The van der Waals surface area contributed by atoms with Gasteiger partial charge in [0.15, 0.2) is 0 Å². The first-order valence-electron chi connectivity index (χ1n) is 5.96. The Bertz CT molecular complexity index is 336. The minimum Gasteiger partial charge on any atom is -0.334 e. The topological polar surface area (TPSA) is 47.3 Å². The maximum Gasteiger partial charge on any atom is 0.237 e.